The standard InChI is InChI=1S/C19H23NO5/c1-5-17(20(21)22)19(13-6-8-14(23-2)9-7-13)16-11-10-15(24-3)12-18(16)25-4/h6-12,17,19H,5H2,1-4H3/t17-,19+/m0/s1. The van der Waals surface area contributed by atoms with Crippen LogP contribution in [0.4, 0.5) is 0 Å². The van der Waals surface area contributed by atoms with E-state index in [2.05, 4.69) is 0 Å². The lowest BCUT2D eigenvalue weighted by molar-refractivity contribution is -0.525. The van der Waals surface area contributed by atoms with Gasteiger partial charge in [-0.3, -0.25) is 10.1 Å². The van der Waals surface area contributed by atoms with Crippen LogP contribution in [-0.4, -0.2) is 32.3 Å². The molecule has 2 atom stereocenters. The molecule has 0 fully saturated rings. The van der Waals surface area contributed by atoms with E-state index in [0.29, 0.717) is 23.7 Å². The van der Waals surface area contributed by atoms with E-state index in [4.69, 9.17) is 14.2 Å². The number of nitro groups is 1. The molecule has 2 aromatic rings. The molecule has 0 aliphatic heterocycles. The Morgan fingerprint density at radius 3 is 2.04 bits per heavy atom. The maximum atomic E-state index is 11.7. The second kappa shape index (κ2) is 8.37. The lowest BCUT2D eigenvalue weighted by Crippen LogP contribution is -2.28. The second-order valence-electron chi connectivity index (χ2n) is 5.62. The highest BCUT2D eigenvalue weighted by atomic mass is 16.6. The average Bonchev–Trinajstić information content (AvgIpc) is 2.65. The van der Waals surface area contributed by atoms with Gasteiger partial charge in [0.05, 0.1) is 27.2 Å². The van der Waals surface area contributed by atoms with E-state index in [1.807, 2.05) is 37.3 Å². The SMILES string of the molecule is CC[C@@H]([C@H](c1ccc(OC)cc1)c1ccc(OC)cc1OC)[N+](=O)[O-]. The molecular formula is C19H23NO5. The third-order valence-electron chi connectivity index (χ3n) is 4.32. The first kappa shape index (κ1) is 18.6. The summed E-state index contributed by atoms with van der Waals surface area (Å²) >= 11 is 0. The summed E-state index contributed by atoms with van der Waals surface area (Å²) in [6, 6.07) is 11.9. The molecule has 0 spiro atoms. The Morgan fingerprint density at radius 1 is 0.960 bits per heavy atom. The molecule has 0 aliphatic rings. The first-order valence-electron chi connectivity index (χ1n) is 8.05. The van der Waals surface area contributed by atoms with Gasteiger partial charge in [0.2, 0.25) is 6.04 Å². The zero-order chi connectivity index (χ0) is 18.4. The Balaban J connectivity index is 2.60. The van der Waals surface area contributed by atoms with E-state index in [-0.39, 0.29) is 4.92 Å². The zero-order valence-corrected chi connectivity index (χ0v) is 14.9. The Morgan fingerprint density at radius 2 is 1.56 bits per heavy atom. The number of nitrogens with zero attached hydrogens (tertiary/aromatic N) is 1. The van der Waals surface area contributed by atoms with Crippen LogP contribution in [0.2, 0.25) is 0 Å². The van der Waals surface area contributed by atoms with E-state index in [0.717, 1.165) is 11.1 Å². The third kappa shape index (κ3) is 4.02. The summed E-state index contributed by atoms with van der Waals surface area (Å²) in [6.07, 6.45) is 0.402. The third-order valence-corrected chi connectivity index (χ3v) is 4.32. The van der Waals surface area contributed by atoms with Crippen molar-refractivity contribution in [3.63, 3.8) is 0 Å². The first-order valence-corrected chi connectivity index (χ1v) is 8.05. The molecule has 2 aromatic carbocycles. The van der Waals surface area contributed by atoms with Gasteiger partial charge >= 0.3 is 0 Å². The van der Waals surface area contributed by atoms with Crippen molar-refractivity contribution in [2.75, 3.05) is 21.3 Å². The Hall–Kier alpha value is -2.76. The van der Waals surface area contributed by atoms with Crippen LogP contribution in [0.3, 0.4) is 0 Å². The molecule has 0 heterocycles. The molecule has 0 saturated heterocycles. The molecule has 0 aliphatic carbocycles. The minimum Gasteiger partial charge on any atom is -0.497 e. The molecule has 0 aromatic heterocycles. The highest BCUT2D eigenvalue weighted by molar-refractivity contribution is 5.47. The molecule has 0 bridgehead atoms. The van der Waals surface area contributed by atoms with Crippen molar-refractivity contribution in [3.05, 3.63) is 63.7 Å². The summed E-state index contributed by atoms with van der Waals surface area (Å²) in [7, 11) is 4.71. The molecular weight excluding hydrogens is 322 g/mol. The van der Waals surface area contributed by atoms with Crippen LogP contribution in [0.25, 0.3) is 0 Å². The predicted octanol–water partition coefficient (Wildman–Crippen LogP) is 3.90. The van der Waals surface area contributed by atoms with E-state index in [9.17, 15) is 10.1 Å². The van der Waals surface area contributed by atoms with E-state index in [1.54, 1.807) is 33.5 Å². The van der Waals surface area contributed by atoms with Crippen molar-refractivity contribution in [3.8, 4) is 17.2 Å². The highest BCUT2D eigenvalue weighted by Gasteiger charge is 2.34. The van der Waals surface area contributed by atoms with E-state index < -0.39 is 12.0 Å². The van der Waals surface area contributed by atoms with Crippen LogP contribution in [0.5, 0.6) is 17.2 Å². The molecule has 0 saturated carbocycles. The first-order chi connectivity index (χ1) is 12.0. The maximum Gasteiger partial charge on any atom is 0.223 e. The summed E-state index contributed by atoms with van der Waals surface area (Å²) in [5, 5.41) is 11.7. The fourth-order valence-electron chi connectivity index (χ4n) is 3.00. The molecule has 134 valence electrons. The number of benzene rings is 2. The van der Waals surface area contributed by atoms with Crippen molar-refractivity contribution < 1.29 is 19.1 Å². The fraction of sp³-hybridized carbons (Fsp3) is 0.368. The number of ether oxygens (including phenoxy) is 3. The maximum absolute atomic E-state index is 11.7. The monoisotopic (exact) mass is 345 g/mol. The van der Waals surface area contributed by atoms with E-state index in [1.165, 1.54) is 0 Å². The summed E-state index contributed by atoms with van der Waals surface area (Å²) in [5.74, 6) is 1.48. The Bertz CT molecular complexity index is 714. The highest BCUT2D eigenvalue weighted by Crippen LogP contribution is 2.38. The lowest BCUT2D eigenvalue weighted by Gasteiger charge is -2.23. The van der Waals surface area contributed by atoms with Crippen LogP contribution < -0.4 is 14.2 Å². The topological polar surface area (TPSA) is 70.8 Å². The summed E-state index contributed by atoms with van der Waals surface area (Å²) < 4.78 is 15.9. The van der Waals surface area contributed by atoms with Crippen molar-refractivity contribution in [2.24, 2.45) is 0 Å². The summed E-state index contributed by atoms with van der Waals surface area (Å²) in [6.45, 7) is 1.82. The fourth-order valence-corrected chi connectivity index (χ4v) is 3.00. The molecule has 6 nitrogen and oxygen atoms in total. The largest absolute Gasteiger partial charge is 0.497 e. The molecule has 0 unspecified atom stereocenters. The van der Waals surface area contributed by atoms with E-state index >= 15 is 0 Å². The van der Waals surface area contributed by atoms with Crippen molar-refractivity contribution in [1.29, 1.82) is 0 Å². The van der Waals surface area contributed by atoms with Gasteiger partial charge in [0, 0.05) is 23.0 Å². The van der Waals surface area contributed by atoms with Gasteiger partial charge < -0.3 is 14.2 Å². The smallest absolute Gasteiger partial charge is 0.223 e. The van der Waals surface area contributed by atoms with Crippen LogP contribution in [-0.2, 0) is 0 Å². The van der Waals surface area contributed by atoms with Crippen molar-refractivity contribution in [2.45, 2.75) is 25.3 Å². The quantitative estimate of drug-likeness (QED) is 0.536. The van der Waals surface area contributed by atoms with Gasteiger partial charge in [0.15, 0.2) is 0 Å². The van der Waals surface area contributed by atoms with Crippen molar-refractivity contribution >= 4 is 0 Å². The minimum absolute atomic E-state index is 0.224. The van der Waals surface area contributed by atoms with Gasteiger partial charge in [0.25, 0.3) is 0 Å². The zero-order valence-electron chi connectivity index (χ0n) is 14.9. The minimum atomic E-state index is -0.768. The summed E-state index contributed by atoms with van der Waals surface area (Å²) in [4.78, 5) is 11.5. The molecule has 25 heavy (non-hydrogen) atoms. The van der Waals surface area contributed by atoms with Crippen molar-refractivity contribution in [1.82, 2.24) is 0 Å². The van der Waals surface area contributed by atoms with Crippen LogP contribution in [0, 0.1) is 10.1 Å². The number of rotatable bonds is 8. The Labute approximate surface area is 147 Å². The van der Waals surface area contributed by atoms with Crippen LogP contribution in [0.1, 0.15) is 30.4 Å². The van der Waals surface area contributed by atoms with Gasteiger partial charge in [-0.15, -0.1) is 0 Å². The van der Waals surface area contributed by atoms with Gasteiger partial charge in [-0.2, -0.15) is 0 Å². The van der Waals surface area contributed by atoms with Gasteiger partial charge in [-0.25, -0.2) is 0 Å². The molecule has 2 rings (SSSR count). The molecule has 0 N–H and O–H groups in total. The average molecular weight is 345 g/mol. The second-order valence-corrected chi connectivity index (χ2v) is 5.62. The normalized spacial score (nSPS) is 13.0. The van der Waals surface area contributed by atoms with Gasteiger partial charge in [-0.05, 0) is 23.8 Å². The molecule has 0 amide bonds. The number of hydrogen-bond acceptors (Lipinski definition) is 5. The molecule has 0 radical (unpaired) electrons. The molecule has 6 heteroatoms. The van der Waals surface area contributed by atoms with Crippen LogP contribution >= 0.6 is 0 Å². The number of hydrogen-bond donors (Lipinski definition) is 0. The predicted molar refractivity (Wildman–Crippen MR) is 95.5 cm³/mol. The Kier molecular flexibility index (Phi) is 6.22. The van der Waals surface area contributed by atoms with Gasteiger partial charge in [-0.1, -0.05) is 25.1 Å². The number of methoxy groups -OCH3 is 3. The van der Waals surface area contributed by atoms with Crippen LogP contribution in [0.15, 0.2) is 42.5 Å². The van der Waals surface area contributed by atoms with Gasteiger partial charge in [0.1, 0.15) is 17.2 Å². The summed E-state index contributed by atoms with van der Waals surface area (Å²) in [5.41, 5.74) is 1.60. The lowest BCUT2D eigenvalue weighted by atomic mass is 9.83.